The molecule has 0 aliphatic heterocycles. The van der Waals surface area contributed by atoms with Crippen LogP contribution in [0.3, 0.4) is 0 Å². The number of hydrogen-bond acceptors (Lipinski definition) is 2. The molecule has 1 atom stereocenters. The number of rotatable bonds is 3. The summed E-state index contributed by atoms with van der Waals surface area (Å²) >= 11 is 0. The largest absolute Gasteiger partial charge is 0.480 e. The third-order valence-corrected chi connectivity index (χ3v) is 3.72. The van der Waals surface area contributed by atoms with Gasteiger partial charge in [-0.3, -0.25) is 4.79 Å². The zero-order chi connectivity index (χ0) is 16.8. The highest BCUT2D eigenvalue weighted by molar-refractivity contribution is 5.93. The molecule has 1 aromatic carbocycles. The minimum Gasteiger partial charge on any atom is -0.480 e. The first kappa shape index (κ1) is 16.4. The van der Waals surface area contributed by atoms with E-state index in [1.54, 1.807) is 17.6 Å². The predicted molar refractivity (Wildman–Crippen MR) is 76.6 cm³/mol. The Hall–Kier alpha value is -2.02. The Morgan fingerprint density at radius 2 is 1.91 bits per heavy atom. The van der Waals surface area contributed by atoms with Crippen LogP contribution in [-0.4, -0.2) is 15.6 Å². The van der Waals surface area contributed by atoms with Gasteiger partial charge in [-0.1, -0.05) is 6.07 Å². The molecule has 4 nitrogen and oxygen atoms in total. The van der Waals surface area contributed by atoms with Crippen molar-refractivity contribution in [1.29, 1.82) is 0 Å². The standard InChI is InChI=1S/C15H17F3N2O2/c1-7(2)20-8(3)11(13(19)14(21)22)12-9(15(16,17)18)5-4-6-10(12)20/h4-7,13H,19H2,1-3H3,(H,21,22). The summed E-state index contributed by atoms with van der Waals surface area (Å²) in [5, 5.41) is 9.02. The molecule has 0 bridgehead atoms. The number of nitrogens with zero attached hydrogens (tertiary/aromatic N) is 1. The molecular weight excluding hydrogens is 297 g/mol. The summed E-state index contributed by atoms with van der Waals surface area (Å²) in [6.45, 7) is 5.24. The zero-order valence-electron chi connectivity index (χ0n) is 12.4. The molecule has 0 fully saturated rings. The minimum atomic E-state index is -4.58. The van der Waals surface area contributed by atoms with E-state index in [4.69, 9.17) is 10.8 Å². The van der Waals surface area contributed by atoms with Crippen LogP contribution >= 0.6 is 0 Å². The van der Waals surface area contributed by atoms with Crippen molar-refractivity contribution in [3.63, 3.8) is 0 Å². The van der Waals surface area contributed by atoms with Crippen LogP contribution in [0, 0.1) is 6.92 Å². The SMILES string of the molecule is Cc1c(C(N)C(=O)O)c2c(C(F)(F)F)cccc2n1C(C)C. The number of hydrogen-bond donors (Lipinski definition) is 2. The van der Waals surface area contributed by atoms with Crippen molar-refractivity contribution in [2.45, 2.75) is 39.0 Å². The first-order valence-corrected chi connectivity index (χ1v) is 6.76. The fourth-order valence-corrected chi connectivity index (χ4v) is 2.92. The predicted octanol–water partition coefficient (Wildman–Crippen LogP) is 3.63. The third kappa shape index (κ3) is 2.45. The lowest BCUT2D eigenvalue weighted by Gasteiger charge is -2.13. The molecule has 1 heterocycles. The number of aromatic nitrogens is 1. The summed E-state index contributed by atoms with van der Waals surface area (Å²) in [7, 11) is 0. The lowest BCUT2D eigenvalue weighted by molar-refractivity contribution is -0.139. The second-order valence-corrected chi connectivity index (χ2v) is 5.48. The van der Waals surface area contributed by atoms with E-state index in [9.17, 15) is 18.0 Å². The van der Waals surface area contributed by atoms with Gasteiger partial charge in [0.25, 0.3) is 0 Å². The number of fused-ring (bicyclic) bond motifs is 1. The molecule has 0 amide bonds. The Morgan fingerprint density at radius 1 is 1.32 bits per heavy atom. The van der Waals surface area contributed by atoms with Gasteiger partial charge in [-0.25, -0.2) is 0 Å². The van der Waals surface area contributed by atoms with Gasteiger partial charge in [0.05, 0.1) is 5.56 Å². The maximum Gasteiger partial charge on any atom is 0.417 e. The topological polar surface area (TPSA) is 68.2 Å². The molecule has 2 aromatic rings. The van der Waals surface area contributed by atoms with Gasteiger partial charge >= 0.3 is 12.1 Å². The average molecular weight is 314 g/mol. The molecule has 3 N–H and O–H groups in total. The van der Waals surface area contributed by atoms with Crippen molar-refractivity contribution in [2.24, 2.45) is 5.73 Å². The molecule has 0 radical (unpaired) electrons. The van der Waals surface area contributed by atoms with Crippen LogP contribution in [0.1, 0.15) is 42.8 Å². The average Bonchev–Trinajstić information content (AvgIpc) is 2.68. The van der Waals surface area contributed by atoms with Crippen molar-refractivity contribution in [3.05, 3.63) is 35.0 Å². The van der Waals surface area contributed by atoms with Crippen LogP contribution in [0.5, 0.6) is 0 Å². The highest BCUT2D eigenvalue weighted by Crippen LogP contribution is 2.41. The Kier molecular flexibility index (Phi) is 3.95. The number of nitrogens with two attached hydrogens (primary N) is 1. The molecule has 7 heteroatoms. The quantitative estimate of drug-likeness (QED) is 0.909. The molecule has 22 heavy (non-hydrogen) atoms. The van der Waals surface area contributed by atoms with Crippen LogP contribution < -0.4 is 5.73 Å². The Morgan fingerprint density at radius 3 is 2.36 bits per heavy atom. The summed E-state index contributed by atoms with van der Waals surface area (Å²) in [6.07, 6.45) is -4.58. The van der Waals surface area contributed by atoms with Crippen LogP contribution in [0.2, 0.25) is 0 Å². The van der Waals surface area contributed by atoms with Gasteiger partial charge in [0.2, 0.25) is 0 Å². The third-order valence-electron chi connectivity index (χ3n) is 3.72. The number of carboxylic acids is 1. The van der Waals surface area contributed by atoms with E-state index in [1.165, 1.54) is 6.07 Å². The summed E-state index contributed by atoms with van der Waals surface area (Å²) in [5.74, 6) is -1.36. The molecule has 2 rings (SSSR count). The molecule has 0 saturated carbocycles. The van der Waals surface area contributed by atoms with Gasteiger partial charge in [-0.05, 0) is 32.9 Å². The summed E-state index contributed by atoms with van der Waals surface area (Å²) in [5.41, 5.74) is 5.59. The first-order chi connectivity index (χ1) is 10.1. The number of benzene rings is 1. The highest BCUT2D eigenvalue weighted by Gasteiger charge is 2.36. The van der Waals surface area contributed by atoms with Crippen molar-refractivity contribution in [1.82, 2.24) is 4.57 Å². The fraction of sp³-hybridized carbons (Fsp3) is 0.400. The second kappa shape index (κ2) is 5.31. The maximum absolute atomic E-state index is 13.3. The second-order valence-electron chi connectivity index (χ2n) is 5.48. The molecule has 1 aromatic heterocycles. The van der Waals surface area contributed by atoms with Gasteiger partial charge in [0, 0.05) is 28.2 Å². The monoisotopic (exact) mass is 314 g/mol. The zero-order valence-corrected chi connectivity index (χ0v) is 12.4. The highest BCUT2D eigenvalue weighted by atomic mass is 19.4. The lowest BCUT2D eigenvalue weighted by atomic mass is 9.99. The van der Waals surface area contributed by atoms with E-state index in [0.717, 1.165) is 6.07 Å². The summed E-state index contributed by atoms with van der Waals surface area (Å²) in [4.78, 5) is 11.2. The number of carboxylic acid groups (broad SMARTS) is 1. The van der Waals surface area contributed by atoms with Crippen molar-refractivity contribution in [2.75, 3.05) is 0 Å². The molecular formula is C15H17F3N2O2. The first-order valence-electron chi connectivity index (χ1n) is 6.76. The Bertz CT molecular complexity index is 732. The maximum atomic E-state index is 13.3. The van der Waals surface area contributed by atoms with E-state index in [-0.39, 0.29) is 17.0 Å². The summed E-state index contributed by atoms with van der Waals surface area (Å²) in [6, 6.07) is 2.19. The lowest BCUT2D eigenvalue weighted by Crippen LogP contribution is -2.22. The van der Waals surface area contributed by atoms with E-state index < -0.39 is 23.8 Å². The fourth-order valence-electron chi connectivity index (χ4n) is 2.92. The van der Waals surface area contributed by atoms with E-state index in [0.29, 0.717) is 11.2 Å². The smallest absolute Gasteiger partial charge is 0.417 e. The number of aliphatic carboxylic acids is 1. The van der Waals surface area contributed by atoms with Crippen molar-refractivity contribution >= 4 is 16.9 Å². The van der Waals surface area contributed by atoms with E-state index in [2.05, 4.69) is 0 Å². The van der Waals surface area contributed by atoms with Crippen LogP contribution in [-0.2, 0) is 11.0 Å². The molecule has 0 spiro atoms. The normalized spacial score (nSPS) is 13.8. The van der Waals surface area contributed by atoms with Gasteiger partial charge in [0.15, 0.2) is 0 Å². The van der Waals surface area contributed by atoms with Crippen molar-refractivity contribution < 1.29 is 23.1 Å². The van der Waals surface area contributed by atoms with Gasteiger partial charge < -0.3 is 15.4 Å². The molecule has 0 aliphatic rings. The molecule has 0 aliphatic carbocycles. The van der Waals surface area contributed by atoms with E-state index in [1.807, 2.05) is 13.8 Å². The van der Waals surface area contributed by atoms with Gasteiger partial charge in [0.1, 0.15) is 6.04 Å². The van der Waals surface area contributed by atoms with Crippen LogP contribution in [0.15, 0.2) is 18.2 Å². The molecule has 1 unspecified atom stereocenters. The number of halogens is 3. The number of alkyl halides is 3. The van der Waals surface area contributed by atoms with E-state index >= 15 is 0 Å². The molecule has 120 valence electrons. The molecule has 0 saturated heterocycles. The Labute approximate surface area is 125 Å². The minimum absolute atomic E-state index is 0.0177. The van der Waals surface area contributed by atoms with Crippen LogP contribution in [0.4, 0.5) is 13.2 Å². The van der Waals surface area contributed by atoms with Gasteiger partial charge in [-0.2, -0.15) is 13.2 Å². The summed E-state index contributed by atoms with van der Waals surface area (Å²) < 4.78 is 41.6. The van der Waals surface area contributed by atoms with Gasteiger partial charge in [-0.15, -0.1) is 0 Å². The van der Waals surface area contributed by atoms with Crippen molar-refractivity contribution in [3.8, 4) is 0 Å². The Balaban J connectivity index is 2.99. The van der Waals surface area contributed by atoms with Crippen LogP contribution in [0.25, 0.3) is 10.9 Å². The number of carbonyl (C=O) groups is 1.